The van der Waals surface area contributed by atoms with E-state index in [1.54, 1.807) is 11.8 Å². The van der Waals surface area contributed by atoms with Crippen LogP contribution in [-0.2, 0) is 0 Å². The molecule has 2 nitrogen and oxygen atoms in total. The van der Waals surface area contributed by atoms with Gasteiger partial charge >= 0.3 is 0 Å². The van der Waals surface area contributed by atoms with Crippen LogP contribution in [0.2, 0.25) is 0 Å². The molecule has 1 fully saturated rings. The molecule has 2 rings (SSSR count). The molecule has 110 valence electrons. The van der Waals surface area contributed by atoms with Crippen molar-refractivity contribution in [1.82, 2.24) is 0 Å². The lowest BCUT2D eigenvalue weighted by Crippen LogP contribution is -2.27. The molecule has 0 aliphatic heterocycles. The van der Waals surface area contributed by atoms with Crippen molar-refractivity contribution < 1.29 is 0 Å². The lowest BCUT2D eigenvalue weighted by atomic mass is 10.1. The molecule has 1 aromatic rings. The number of nitrogens with two attached hydrogens (primary N) is 1. The lowest BCUT2D eigenvalue weighted by molar-refractivity contribution is 0.768. The van der Waals surface area contributed by atoms with Gasteiger partial charge in [0.15, 0.2) is 0 Å². The van der Waals surface area contributed by atoms with Gasteiger partial charge in [-0.1, -0.05) is 31.6 Å². The summed E-state index contributed by atoms with van der Waals surface area (Å²) in [5.41, 5.74) is 8.07. The maximum absolute atomic E-state index is 5.96. The van der Waals surface area contributed by atoms with E-state index in [1.807, 2.05) is 11.8 Å². The van der Waals surface area contributed by atoms with Gasteiger partial charge in [-0.15, -0.1) is 11.8 Å². The van der Waals surface area contributed by atoms with Crippen molar-refractivity contribution in [1.29, 1.82) is 0 Å². The largest absolute Gasteiger partial charge is 0.389 e. The zero-order chi connectivity index (χ0) is 14.5. The zero-order valence-electron chi connectivity index (χ0n) is 12.0. The summed E-state index contributed by atoms with van der Waals surface area (Å²) in [6, 6.07) is 6.82. The van der Waals surface area contributed by atoms with Crippen LogP contribution in [0.25, 0.3) is 0 Å². The van der Waals surface area contributed by atoms with Crippen LogP contribution in [0.15, 0.2) is 23.1 Å². The van der Waals surface area contributed by atoms with E-state index < -0.39 is 0 Å². The van der Waals surface area contributed by atoms with E-state index in [1.165, 1.54) is 24.2 Å². The highest BCUT2D eigenvalue weighted by atomic mass is 32.2. The molecule has 5 heteroatoms. The molecule has 1 saturated carbocycles. The number of hydrogen-bond donors (Lipinski definition) is 2. The molecule has 2 atom stereocenters. The SMILES string of the molecule is CCSc1cccc(NC2CCCC2SC)c1C(N)=S. The van der Waals surface area contributed by atoms with Crippen molar-refractivity contribution in [3.05, 3.63) is 23.8 Å². The maximum Gasteiger partial charge on any atom is 0.107 e. The summed E-state index contributed by atoms with van der Waals surface area (Å²) in [6.45, 7) is 2.15. The van der Waals surface area contributed by atoms with Gasteiger partial charge in [-0.05, 0) is 37.0 Å². The quantitative estimate of drug-likeness (QED) is 0.607. The van der Waals surface area contributed by atoms with Crippen LogP contribution < -0.4 is 11.1 Å². The Kier molecular flexibility index (Phi) is 6.05. The average molecular weight is 327 g/mol. The Morgan fingerprint density at radius 3 is 2.90 bits per heavy atom. The number of nitrogens with one attached hydrogen (secondary N) is 1. The van der Waals surface area contributed by atoms with Gasteiger partial charge in [-0.2, -0.15) is 11.8 Å². The summed E-state index contributed by atoms with van der Waals surface area (Å²) < 4.78 is 0. The van der Waals surface area contributed by atoms with Crippen molar-refractivity contribution in [2.24, 2.45) is 5.73 Å². The fourth-order valence-corrected chi connectivity index (χ4v) is 4.82. The molecular formula is C15H22N2S3. The first-order valence-corrected chi connectivity index (χ1v) is 9.70. The molecule has 0 spiro atoms. The summed E-state index contributed by atoms with van der Waals surface area (Å²) >= 11 is 9.02. The number of thioether (sulfide) groups is 2. The first kappa shape index (κ1) is 16.0. The second kappa shape index (κ2) is 7.57. The number of hydrogen-bond acceptors (Lipinski definition) is 4. The highest BCUT2D eigenvalue weighted by molar-refractivity contribution is 7.99. The first-order chi connectivity index (χ1) is 9.67. The van der Waals surface area contributed by atoms with Crippen LogP contribution in [-0.4, -0.2) is 28.3 Å². The van der Waals surface area contributed by atoms with Crippen LogP contribution in [0, 0.1) is 0 Å². The number of rotatable bonds is 6. The summed E-state index contributed by atoms with van der Waals surface area (Å²) in [6.07, 6.45) is 6.02. The van der Waals surface area contributed by atoms with E-state index in [0.29, 0.717) is 16.3 Å². The van der Waals surface area contributed by atoms with Crippen molar-refractivity contribution in [3.63, 3.8) is 0 Å². The third kappa shape index (κ3) is 3.62. The topological polar surface area (TPSA) is 38.0 Å². The highest BCUT2D eigenvalue weighted by Gasteiger charge is 2.27. The van der Waals surface area contributed by atoms with Gasteiger partial charge < -0.3 is 11.1 Å². The zero-order valence-corrected chi connectivity index (χ0v) is 14.5. The first-order valence-electron chi connectivity index (χ1n) is 7.02. The van der Waals surface area contributed by atoms with Crippen molar-refractivity contribution >= 4 is 46.4 Å². The fourth-order valence-electron chi connectivity index (χ4n) is 2.75. The monoisotopic (exact) mass is 326 g/mol. The summed E-state index contributed by atoms with van der Waals surface area (Å²) in [5.74, 6) is 1.02. The van der Waals surface area contributed by atoms with Crippen LogP contribution >= 0.6 is 35.7 Å². The van der Waals surface area contributed by atoms with Crippen LogP contribution in [0.1, 0.15) is 31.7 Å². The van der Waals surface area contributed by atoms with Crippen molar-refractivity contribution in [3.8, 4) is 0 Å². The van der Waals surface area contributed by atoms with E-state index in [2.05, 4.69) is 36.7 Å². The van der Waals surface area contributed by atoms with Crippen LogP contribution in [0.3, 0.4) is 0 Å². The van der Waals surface area contributed by atoms with Crippen LogP contribution in [0.5, 0.6) is 0 Å². The predicted molar refractivity (Wildman–Crippen MR) is 97.3 cm³/mol. The molecule has 2 unspecified atom stereocenters. The third-order valence-electron chi connectivity index (χ3n) is 3.67. The minimum Gasteiger partial charge on any atom is -0.389 e. The molecule has 0 aromatic heterocycles. The molecule has 20 heavy (non-hydrogen) atoms. The fraction of sp³-hybridized carbons (Fsp3) is 0.533. The highest BCUT2D eigenvalue weighted by Crippen LogP contribution is 2.34. The Bertz CT molecular complexity index is 476. The van der Waals surface area contributed by atoms with E-state index in [4.69, 9.17) is 18.0 Å². The molecule has 0 saturated heterocycles. The second-order valence-electron chi connectivity index (χ2n) is 4.93. The average Bonchev–Trinajstić information content (AvgIpc) is 2.86. The molecule has 3 N–H and O–H groups in total. The van der Waals surface area contributed by atoms with E-state index in [0.717, 1.165) is 17.0 Å². The van der Waals surface area contributed by atoms with Crippen LogP contribution in [0.4, 0.5) is 5.69 Å². The summed E-state index contributed by atoms with van der Waals surface area (Å²) in [4.78, 5) is 1.67. The van der Waals surface area contributed by atoms with E-state index >= 15 is 0 Å². The van der Waals surface area contributed by atoms with E-state index in [9.17, 15) is 0 Å². The molecule has 0 amide bonds. The molecule has 1 aromatic carbocycles. The minimum absolute atomic E-state index is 0.489. The minimum atomic E-state index is 0.489. The van der Waals surface area contributed by atoms with Gasteiger partial charge in [0.2, 0.25) is 0 Å². The van der Waals surface area contributed by atoms with Gasteiger partial charge in [0.05, 0.1) is 0 Å². The number of thiocarbonyl (C=S) groups is 1. The Balaban J connectivity index is 2.26. The molecule has 0 bridgehead atoms. The van der Waals surface area contributed by atoms with Gasteiger partial charge in [0.25, 0.3) is 0 Å². The van der Waals surface area contributed by atoms with Gasteiger partial charge in [0.1, 0.15) is 4.99 Å². The molecule has 0 radical (unpaired) electrons. The Morgan fingerprint density at radius 1 is 1.45 bits per heavy atom. The molecule has 1 aliphatic rings. The maximum atomic E-state index is 5.96. The molecule has 0 heterocycles. The van der Waals surface area contributed by atoms with Crippen molar-refractivity contribution in [2.75, 3.05) is 17.3 Å². The van der Waals surface area contributed by atoms with Gasteiger partial charge in [-0.25, -0.2) is 0 Å². The standard InChI is InChI=1S/C15H22N2S3/c1-3-20-13-9-5-7-11(14(13)15(16)18)17-10-6-4-8-12(10)19-2/h5,7,9-10,12,17H,3-4,6,8H2,1-2H3,(H2,16,18). The summed E-state index contributed by atoms with van der Waals surface area (Å²) in [7, 11) is 0. The Morgan fingerprint density at radius 2 is 2.25 bits per heavy atom. The number of benzene rings is 1. The van der Waals surface area contributed by atoms with Crippen molar-refractivity contribution in [2.45, 2.75) is 42.4 Å². The normalized spacial score (nSPS) is 21.9. The Labute approximate surface area is 135 Å². The lowest BCUT2D eigenvalue weighted by Gasteiger charge is -2.23. The third-order valence-corrected chi connectivity index (χ3v) is 5.98. The predicted octanol–water partition coefficient (Wildman–Crippen LogP) is 4.13. The second-order valence-corrected chi connectivity index (χ2v) is 7.75. The molecule has 1 aliphatic carbocycles. The molecular weight excluding hydrogens is 304 g/mol. The van der Waals surface area contributed by atoms with Gasteiger partial charge in [-0.3, -0.25) is 0 Å². The van der Waals surface area contributed by atoms with E-state index in [-0.39, 0.29) is 0 Å². The smallest absolute Gasteiger partial charge is 0.107 e. The summed E-state index contributed by atoms with van der Waals surface area (Å²) in [5, 5.41) is 4.38. The number of anilines is 1. The Hall–Kier alpha value is -0.390. The van der Waals surface area contributed by atoms with Gasteiger partial charge in [0, 0.05) is 27.4 Å².